The summed E-state index contributed by atoms with van der Waals surface area (Å²) in [6.07, 6.45) is 0. The molecule has 0 saturated carbocycles. The maximum atomic E-state index is 12.5. The minimum Gasteiger partial charge on any atom is -0.304 e. The Labute approximate surface area is 461 Å². The molecule has 17 aromatic rings. The SMILES string of the molecule is Cc1ccc(-c2c(C#N)c(-n3c4c(ccc5c6ccccc6sc54)c4ccc5c6ccccc6sc5c43)c(-c3ccc(C)cc3)c(-n3c4c(ccc5c6ccccc6sc54)c4ccc5c6ccccc6sc5c43)c2C#N)cc1. The molecule has 0 amide bonds. The van der Waals surface area contributed by atoms with Gasteiger partial charge in [-0.15, -0.1) is 45.3 Å². The van der Waals surface area contributed by atoms with Crippen molar-refractivity contribution in [3.8, 4) is 45.8 Å². The highest BCUT2D eigenvalue weighted by Gasteiger charge is 2.34. The largest absolute Gasteiger partial charge is 0.304 e. The highest BCUT2D eigenvalue weighted by Crippen LogP contribution is 2.55. The predicted molar refractivity (Wildman–Crippen MR) is 336 cm³/mol. The molecule has 0 bridgehead atoms. The van der Waals surface area contributed by atoms with Gasteiger partial charge < -0.3 is 9.13 Å². The minimum absolute atomic E-state index is 0.449. The number of nitriles is 2. The summed E-state index contributed by atoms with van der Waals surface area (Å²) < 4.78 is 14.4. The fraction of sp³-hybridized carbons (Fsp3) is 0.0286. The lowest BCUT2D eigenvalue weighted by Gasteiger charge is -2.26. The highest BCUT2D eigenvalue weighted by molar-refractivity contribution is 7.28. The predicted octanol–water partition coefficient (Wildman–Crippen LogP) is 21.0. The first-order valence-electron chi connectivity index (χ1n) is 26.0. The Morgan fingerprint density at radius 1 is 0.295 bits per heavy atom. The van der Waals surface area contributed by atoms with E-state index < -0.39 is 0 Å². The maximum Gasteiger partial charge on any atom is 0.102 e. The molecule has 0 aliphatic heterocycles. The average Bonchev–Trinajstić information content (AvgIpc) is 3.63. The molecule has 0 aliphatic carbocycles. The van der Waals surface area contributed by atoms with Crippen molar-refractivity contribution in [2.24, 2.45) is 0 Å². The summed E-state index contributed by atoms with van der Waals surface area (Å²) in [4.78, 5) is 0. The van der Waals surface area contributed by atoms with E-state index in [1.807, 2.05) is 45.3 Å². The third-order valence-corrected chi connectivity index (χ3v) is 21.1. The molecule has 11 aromatic carbocycles. The minimum atomic E-state index is 0.449. The van der Waals surface area contributed by atoms with Gasteiger partial charge in [-0.3, -0.25) is 0 Å². The van der Waals surface area contributed by atoms with E-state index in [-0.39, 0.29) is 0 Å². The van der Waals surface area contributed by atoms with Crippen molar-refractivity contribution in [2.45, 2.75) is 13.8 Å². The van der Waals surface area contributed by atoms with Crippen LogP contribution < -0.4 is 0 Å². The highest BCUT2D eigenvalue weighted by atomic mass is 32.1. The molecule has 0 aliphatic rings. The van der Waals surface area contributed by atoms with Crippen molar-refractivity contribution in [2.75, 3.05) is 0 Å². The molecule has 0 unspecified atom stereocenters. The van der Waals surface area contributed by atoms with Crippen LogP contribution in [-0.2, 0) is 0 Å². The van der Waals surface area contributed by atoms with Crippen molar-refractivity contribution in [3.63, 3.8) is 0 Å². The van der Waals surface area contributed by atoms with Crippen molar-refractivity contribution >= 4 is 170 Å². The Balaban J connectivity index is 1.20. The van der Waals surface area contributed by atoms with Gasteiger partial charge in [0.25, 0.3) is 0 Å². The van der Waals surface area contributed by atoms with E-state index in [4.69, 9.17) is 0 Å². The zero-order valence-corrected chi connectivity index (χ0v) is 45.2. The van der Waals surface area contributed by atoms with Gasteiger partial charge in [-0.25, -0.2) is 0 Å². The first kappa shape index (κ1) is 44.1. The van der Waals surface area contributed by atoms with Crippen molar-refractivity contribution in [1.29, 1.82) is 10.5 Å². The third kappa shape index (κ3) is 5.84. The van der Waals surface area contributed by atoms with Crippen molar-refractivity contribution < 1.29 is 0 Å². The molecule has 362 valence electrons. The monoisotopic (exact) mass is 1060 g/mol. The Morgan fingerprint density at radius 3 is 0.859 bits per heavy atom. The standard InChI is InChI=1S/C70H38N4S4/c1-37-19-23-39(24-20-37)59-53(35-71)61(73-63-45(27-31-49-41-11-3-7-15-55(41)75-67(49)63)46-28-32-50-42-12-4-8-16-56(42)76-68(50)64(46)73)60(40-25-21-38(2)22-26-40)62(54(59)36-72)74-65-47(29-33-51-43-13-5-9-17-57(43)77-69(51)65)48-30-34-52-44-14-6-10-18-58(44)78-70(52)66(48)74/h3-34H,1-2H3. The zero-order chi connectivity index (χ0) is 51.7. The van der Waals surface area contributed by atoms with Gasteiger partial charge in [-0.1, -0.05) is 181 Å². The van der Waals surface area contributed by atoms with E-state index in [1.54, 1.807) is 0 Å². The van der Waals surface area contributed by atoms with Crippen LogP contribution in [-0.4, -0.2) is 9.13 Å². The Morgan fingerprint density at radius 2 is 0.564 bits per heavy atom. The summed E-state index contributed by atoms with van der Waals surface area (Å²) in [6.45, 7) is 4.22. The summed E-state index contributed by atoms with van der Waals surface area (Å²) in [5, 5.41) is 38.9. The maximum absolute atomic E-state index is 12.5. The van der Waals surface area contributed by atoms with Crippen LogP contribution in [0.1, 0.15) is 22.3 Å². The second kappa shape index (κ2) is 16.2. The van der Waals surface area contributed by atoms with Gasteiger partial charge in [0.05, 0.1) is 63.4 Å². The van der Waals surface area contributed by atoms with Gasteiger partial charge in [-0.2, -0.15) is 10.5 Å². The number of hydrogen-bond donors (Lipinski definition) is 0. The molecule has 0 saturated heterocycles. The van der Waals surface area contributed by atoms with Gasteiger partial charge in [-0.05, 0) is 49.2 Å². The summed E-state index contributed by atoms with van der Waals surface area (Å²) in [6, 6.07) is 76.3. The van der Waals surface area contributed by atoms with Crippen LogP contribution >= 0.6 is 45.3 Å². The summed E-state index contributed by atoms with van der Waals surface area (Å²) in [5.41, 5.74) is 12.0. The number of fused-ring (bicyclic) bond motifs is 22. The molecule has 17 rings (SSSR count). The molecule has 0 N–H and O–H groups in total. The van der Waals surface area contributed by atoms with Gasteiger partial charge in [0.1, 0.15) is 12.1 Å². The average molecular weight is 1060 g/mol. The van der Waals surface area contributed by atoms with E-state index in [2.05, 4.69) is 229 Å². The molecule has 0 atom stereocenters. The number of nitrogens with zero attached hydrogens (tertiary/aromatic N) is 4. The van der Waals surface area contributed by atoms with Gasteiger partial charge in [0.15, 0.2) is 0 Å². The van der Waals surface area contributed by atoms with E-state index in [0.717, 1.165) is 102 Å². The van der Waals surface area contributed by atoms with Gasteiger partial charge in [0, 0.05) is 94.6 Å². The number of aryl methyl sites for hydroxylation is 2. The van der Waals surface area contributed by atoms with Crippen molar-refractivity contribution in [3.05, 3.63) is 216 Å². The van der Waals surface area contributed by atoms with Crippen LogP contribution in [0, 0.1) is 36.5 Å². The first-order chi connectivity index (χ1) is 38.4. The quantitative estimate of drug-likeness (QED) is 0.176. The van der Waals surface area contributed by atoms with Crippen LogP contribution in [0.25, 0.3) is 158 Å². The lowest BCUT2D eigenvalue weighted by molar-refractivity contribution is 1.13. The fourth-order valence-electron chi connectivity index (χ4n) is 12.9. The van der Waals surface area contributed by atoms with Crippen LogP contribution in [0.4, 0.5) is 0 Å². The molecule has 0 fully saturated rings. The van der Waals surface area contributed by atoms with Crippen molar-refractivity contribution in [1.82, 2.24) is 9.13 Å². The van der Waals surface area contributed by atoms with E-state index in [9.17, 15) is 10.5 Å². The number of benzene rings is 11. The molecule has 4 nitrogen and oxygen atoms in total. The number of hydrogen-bond acceptors (Lipinski definition) is 6. The van der Waals surface area contributed by atoms with Crippen LogP contribution in [0.3, 0.4) is 0 Å². The number of rotatable bonds is 4. The smallest absolute Gasteiger partial charge is 0.102 e. The normalized spacial score (nSPS) is 12.2. The first-order valence-corrected chi connectivity index (χ1v) is 29.3. The zero-order valence-electron chi connectivity index (χ0n) is 41.9. The number of aromatic nitrogens is 2. The Kier molecular flexibility index (Phi) is 9.15. The molecule has 0 radical (unpaired) electrons. The Bertz CT molecular complexity index is 5050. The van der Waals surface area contributed by atoms with Crippen LogP contribution in [0.2, 0.25) is 0 Å². The molecular formula is C70H38N4S4. The molecule has 6 aromatic heterocycles. The van der Waals surface area contributed by atoms with Gasteiger partial charge in [0.2, 0.25) is 0 Å². The van der Waals surface area contributed by atoms with Crippen LogP contribution in [0.5, 0.6) is 0 Å². The lowest BCUT2D eigenvalue weighted by Crippen LogP contribution is -2.11. The van der Waals surface area contributed by atoms with E-state index in [0.29, 0.717) is 16.7 Å². The topological polar surface area (TPSA) is 57.4 Å². The summed E-state index contributed by atoms with van der Waals surface area (Å²) >= 11 is 7.24. The molecule has 8 heteroatoms. The van der Waals surface area contributed by atoms with E-state index in [1.165, 1.54) is 61.9 Å². The second-order valence-corrected chi connectivity index (χ2v) is 24.8. The Hall–Kier alpha value is -9.12. The molecule has 6 heterocycles. The molecule has 0 spiro atoms. The molecular weight excluding hydrogens is 1030 g/mol. The summed E-state index contributed by atoms with van der Waals surface area (Å²) in [5.74, 6) is 0. The van der Waals surface area contributed by atoms with Gasteiger partial charge >= 0.3 is 0 Å². The lowest BCUT2D eigenvalue weighted by atomic mass is 9.86. The van der Waals surface area contributed by atoms with Crippen LogP contribution in [0.15, 0.2) is 194 Å². The second-order valence-electron chi connectivity index (χ2n) is 20.6. The van der Waals surface area contributed by atoms with E-state index >= 15 is 0 Å². The molecule has 78 heavy (non-hydrogen) atoms. The number of thiophene rings is 4. The summed E-state index contributed by atoms with van der Waals surface area (Å²) in [7, 11) is 0. The third-order valence-electron chi connectivity index (χ3n) is 16.4. The fourth-order valence-corrected chi connectivity index (χ4v) is 17.9.